The number of hydrogen-bond acceptors (Lipinski definition) is 5. The first-order valence-corrected chi connectivity index (χ1v) is 17.9. The van der Waals surface area contributed by atoms with Crippen molar-refractivity contribution >= 4 is 97.6 Å². The monoisotopic (exact) mass is 689 g/mol. The van der Waals surface area contributed by atoms with Gasteiger partial charge in [0.1, 0.15) is 0 Å². The zero-order valence-corrected chi connectivity index (χ0v) is 29.1. The lowest BCUT2D eigenvalue weighted by atomic mass is 10.0. The first-order chi connectivity index (χ1) is 26.7. The molecule has 0 fully saturated rings. The minimum Gasteiger partial charge on any atom is -0.256 e. The number of hydrogen-bond donors (Lipinski definition) is 0. The van der Waals surface area contributed by atoms with Crippen LogP contribution in [0.25, 0.3) is 97.6 Å². The molecule has 0 saturated heterocycles. The second-order valence-electron chi connectivity index (χ2n) is 13.5. The third kappa shape index (κ3) is 6.04. The van der Waals surface area contributed by atoms with Gasteiger partial charge in [-0.2, -0.15) is 0 Å². The largest absolute Gasteiger partial charge is 0.256 e. The van der Waals surface area contributed by atoms with Crippen LogP contribution >= 0.6 is 0 Å². The van der Waals surface area contributed by atoms with Crippen LogP contribution < -0.4 is 0 Å². The van der Waals surface area contributed by atoms with Crippen molar-refractivity contribution in [2.45, 2.75) is 0 Å². The number of fused-ring (bicyclic) bond motifs is 9. The Balaban J connectivity index is 0.000000100. The normalized spacial score (nSPS) is 11.3. The minimum absolute atomic E-state index is 1.03. The van der Waals surface area contributed by atoms with Gasteiger partial charge in [0.05, 0.1) is 27.6 Å². The fourth-order valence-corrected chi connectivity index (χ4v) is 7.30. The van der Waals surface area contributed by atoms with Crippen molar-refractivity contribution in [3.8, 4) is 0 Å². The van der Waals surface area contributed by atoms with Gasteiger partial charge in [0.25, 0.3) is 0 Å². The van der Waals surface area contributed by atoms with Gasteiger partial charge in [0.2, 0.25) is 0 Å². The summed E-state index contributed by atoms with van der Waals surface area (Å²) in [6.07, 6.45) is 9.16. The summed E-state index contributed by atoms with van der Waals surface area (Å²) >= 11 is 0. The standard InChI is InChI=1S/C17H11N.2C16H10N2/c1-2-5-13-9-16-11-17-14(6-3-7-18-17)10-15(16)8-12(13)4-1;1-3-11-7-13-10-16-12(4-2-6-18-16)8-14(13)9-15(11)17-5-1;1-3-11-7-13-8-12-4-2-6-18-16(12)10-14(13)9-15(11)17-5-1/h1-11H;2*1-10H. The van der Waals surface area contributed by atoms with Gasteiger partial charge < -0.3 is 0 Å². The molecule has 0 aliphatic rings. The van der Waals surface area contributed by atoms with Crippen molar-refractivity contribution in [3.63, 3.8) is 0 Å². The molecule has 0 amide bonds. The first-order valence-electron chi connectivity index (χ1n) is 17.9. The summed E-state index contributed by atoms with van der Waals surface area (Å²) in [5.74, 6) is 0. The lowest BCUT2D eigenvalue weighted by Gasteiger charge is -2.04. The average Bonchev–Trinajstić information content (AvgIpc) is 3.22. The van der Waals surface area contributed by atoms with Gasteiger partial charge in [-0.25, -0.2) is 0 Å². The fraction of sp³-hybridized carbons (Fsp3) is 0. The summed E-state index contributed by atoms with van der Waals surface area (Å²) in [4.78, 5) is 22.0. The zero-order valence-electron chi connectivity index (χ0n) is 29.1. The molecule has 252 valence electrons. The molecule has 5 aromatic heterocycles. The van der Waals surface area contributed by atoms with E-state index in [0.29, 0.717) is 0 Å². The second kappa shape index (κ2) is 13.3. The van der Waals surface area contributed by atoms with Crippen LogP contribution in [0.2, 0.25) is 0 Å². The molecule has 12 aromatic rings. The van der Waals surface area contributed by atoms with Gasteiger partial charge in [0.15, 0.2) is 0 Å². The number of rotatable bonds is 0. The van der Waals surface area contributed by atoms with Crippen molar-refractivity contribution in [1.29, 1.82) is 0 Å². The Morgan fingerprint density at radius 3 is 0.667 bits per heavy atom. The van der Waals surface area contributed by atoms with Crippen molar-refractivity contribution in [1.82, 2.24) is 24.9 Å². The second-order valence-corrected chi connectivity index (χ2v) is 13.5. The van der Waals surface area contributed by atoms with Crippen LogP contribution in [0, 0.1) is 0 Å². The maximum absolute atomic E-state index is 4.41. The van der Waals surface area contributed by atoms with Gasteiger partial charge in [-0.05, 0) is 146 Å². The van der Waals surface area contributed by atoms with E-state index in [9.17, 15) is 0 Å². The molecule has 0 N–H and O–H groups in total. The highest BCUT2D eigenvalue weighted by Crippen LogP contribution is 2.28. The summed E-state index contributed by atoms with van der Waals surface area (Å²) < 4.78 is 0. The molecule has 5 heterocycles. The lowest BCUT2D eigenvalue weighted by molar-refractivity contribution is 1.41. The van der Waals surface area contributed by atoms with Crippen LogP contribution in [-0.4, -0.2) is 24.9 Å². The summed E-state index contributed by atoms with van der Waals surface area (Å²) in [6.45, 7) is 0. The van der Waals surface area contributed by atoms with Crippen LogP contribution in [-0.2, 0) is 0 Å². The predicted molar refractivity (Wildman–Crippen MR) is 226 cm³/mol. The topological polar surface area (TPSA) is 64.5 Å². The number of benzene rings is 7. The number of aromatic nitrogens is 5. The molecule has 0 saturated carbocycles. The smallest absolute Gasteiger partial charge is 0.0708 e. The molecule has 0 radical (unpaired) electrons. The zero-order chi connectivity index (χ0) is 35.8. The van der Waals surface area contributed by atoms with Crippen molar-refractivity contribution in [3.05, 3.63) is 189 Å². The summed E-state index contributed by atoms with van der Waals surface area (Å²) in [5, 5.41) is 15.8. The Kier molecular flexibility index (Phi) is 7.73. The van der Waals surface area contributed by atoms with Gasteiger partial charge in [-0.15, -0.1) is 0 Å². The predicted octanol–water partition coefficient (Wildman–Crippen LogP) is 12.4. The van der Waals surface area contributed by atoms with E-state index < -0.39 is 0 Å². The molecule has 0 unspecified atom stereocenters. The molecule has 12 rings (SSSR count). The molecule has 5 nitrogen and oxygen atoms in total. The molecule has 54 heavy (non-hydrogen) atoms. The van der Waals surface area contributed by atoms with E-state index in [1.54, 1.807) is 0 Å². The molecule has 0 atom stereocenters. The highest BCUT2D eigenvalue weighted by Gasteiger charge is 2.04. The molecule has 5 heteroatoms. The van der Waals surface area contributed by atoms with Gasteiger partial charge in [0, 0.05) is 57.9 Å². The minimum atomic E-state index is 1.03. The van der Waals surface area contributed by atoms with E-state index in [0.717, 1.165) is 27.6 Å². The summed E-state index contributed by atoms with van der Waals surface area (Å²) in [5.41, 5.74) is 5.18. The molecule has 0 spiro atoms. The quantitative estimate of drug-likeness (QED) is 0.148. The Morgan fingerprint density at radius 2 is 0.389 bits per heavy atom. The first kappa shape index (κ1) is 31.4. The Bertz CT molecular complexity index is 2570. The van der Waals surface area contributed by atoms with Crippen molar-refractivity contribution in [2.75, 3.05) is 0 Å². The maximum atomic E-state index is 4.41. The average molecular weight is 690 g/mol. The highest BCUT2D eigenvalue weighted by atomic mass is 14.7. The molecule has 0 aliphatic carbocycles. The van der Waals surface area contributed by atoms with Crippen LogP contribution in [0.5, 0.6) is 0 Å². The third-order valence-corrected chi connectivity index (χ3v) is 9.99. The van der Waals surface area contributed by atoms with E-state index in [1.807, 2.05) is 61.3 Å². The van der Waals surface area contributed by atoms with Crippen LogP contribution in [0.1, 0.15) is 0 Å². The van der Waals surface area contributed by atoms with E-state index >= 15 is 0 Å². The molecule has 7 aromatic carbocycles. The molecular formula is C49H31N5. The van der Waals surface area contributed by atoms with Crippen LogP contribution in [0.4, 0.5) is 0 Å². The van der Waals surface area contributed by atoms with Gasteiger partial charge >= 0.3 is 0 Å². The SMILES string of the molecule is c1ccc2cc3cc4ncccc4cc3cc2c1.c1cnc2cc3cc4cccnc4cc3cc2c1.c1cnc2cc3cc4ncccc4cc3cc2c1. The van der Waals surface area contributed by atoms with Crippen LogP contribution in [0.3, 0.4) is 0 Å². The number of pyridine rings is 5. The Labute approximate surface area is 310 Å². The molecule has 0 aliphatic heterocycles. The van der Waals surface area contributed by atoms with E-state index in [4.69, 9.17) is 0 Å². The van der Waals surface area contributed by atoms with E-state index in [-0.39, 0.29) is 0 Å². The van der Waals surface area contributed by atoms with Crippen molar-refractivity contribution < 1.29 is 0 Å². The molecule has 0 bridgehead atoms. The van der Waals surface area contributed by atoms with E-state index in [2.05, 4.69) is 152 Å². The number of nitrogens with zero attached hydrogens (tertiary/aromatic N) is 5. The maximum Gasteiger partial charge on any atom is 0.0708 e. The summed E-state index contributed by atoms with van der Waals surface area (Å²) in [7, 11) is 0. The van der Waals surface area contributed by atoms with Crippen LogP contribution in [0.15, 0.2) is 189 Å². The summed E-state index contributed by atoms with van der Waals surface area (Å²) in [6, 6.07) is 54.9. The third-order valence-electron chi connectivity index (χ3n) is 9.99. The van der Waals surface area contributed by atoms with Gasteiger partial charge in [-0.3, -0.25) is 24.9 Å². The van der Waals surface area contributed by atoms with Crippen molar-refractivity contribution in [2.24, 2.45) is 0 Å². The molecular weight excluding hydrogens is 659 g/mol. The lowest BCUT2D eigenvalue weighted by Crippen LogP contribution is -1.82. The van der Waals surface area contributed by atoms with Gasteiger partial charge in [-0.1, -0.05) is 54.6 Å². The Morgan fingerprint density at radius 1 is 0.185 bits per heavy atom. The fourth-order valence-electron chi connectivity index (χ4n) is 7.30. The highest BCUT2D eigenvalue weighted by molar-refractivity contribution is 6.05. The van der Waals surface area contributed by atoms with E-state index in [1.165, 1.54) is 70.0 Å². The Hall–Kier alpha value is -7.37.